The van der Waals surface area contributed by atoms with Gasteiger partial charge < -0.3 is 0 Å². The predicted octanol–water partition coefficient (Wildman–Crippen LogP) is 3.10. The lowest BCUT2D eigenvalue weighted by molar-refractivity contribution is 0.875. The van der Waals surface area contributed by atoms with Gasteiger partial charge in [0.25, 0.3) is 0 Å². The molecule has 2 nitrogen and oxygen atoms in total. The number of hydrogen-bond donors (Lipinski definition) is 0. The van der Waals surface area contributed by atoms with Crippen LogP contribution in [0.5, 0.6) is 0 Å². The van der Waals surface area contributed by atoms with Gasteiger partial charge in [0, 0.05) is 17.5 Å². The Hall–Kier alpha value is -1.70. The number of hydrogen-bond acceptors (Lipinski definition) is 2. The summed E-state index contributed by atoms with van der Waals surface area (Å²) in [6.45, 7) is 2.16. The van der Waals surface area contributed by atoms with Gasteiger partial charge in [0.1, 0.15) is 0 Å². The molecular weight excluding hydrogens is 184 g/mol. The summed E-state index contributed by atoms with van der Waals surface area (Å²) in [5.74, 6) is 0.821. The fourth-order valence-electron chi connectivity index (χ4n) is 1.52. The maximum Gasteiger partial charge on any atom is 0.159 e. The maximum absolute atomic E-state index is 4.52. The first-order valence-corrected chi connectivity index (χ1v) is 5.27. The third-order valence-corrected chi connectivity index (χ3v) is 2.25. The summed E-state index contributed by atoms with van der Waals surface area (Å²) in [5.41, 5.74) is 2.20. The van der Waals surface area contributed by atoms with E-state index in [-0.39, 0.29) is 0 Å². The highest BCUT2D eigenvalue weighted by molar-refractivity contribution is 5.54. The van der Waals surface area contributed by atoms with Gasteiger partial charge in [0.15, 0.2) is 5.82 Å². The Kier molecular flexibility index (Phi) is 3.08. The van der Waals surface area contributed by atoms with Gasteiger partial charge >= 0.3 is 0 Å². The number of aryl methyl sites for hydroxylation is 1. The molecule has 0 aliphatic carbocycles. The molecule has 76 valence electrons. The zero-order chi connectivity index (χ0) is 10.5. The first-order chi connectivity index (χ1) is 7.40. The van der Waals surface area contributed by atoms with E-state index in [0.717, 1.165) is 29.9 Å². The Balaban J connectivity index is 2.33. The summed E-state index contributed by atoms with van der Waals surface area (Å²) in [7, 11) is 0. The first kappa shape index (κ1) is 9.84. The number of aromatic nitrogens is 2. The molecule has 0 N–H and O–H groups in total. The lowest BCUT2D eigenvalue weighted by atomic mass is 10.2. The van der Waals surface area contributed by atoms with E-state index in [0.29, 0.717) is 0 Å². The average molecular weight is 198 g/mol. The number of benzene rings is 1. The minimum atomic E-state index is 0.821. The van der Waals surface area contributed by atoms with Crippen LogP contribution in [0.2, 0.25) is 0 Å². The second kappa shape index (κ2) is 4.69. The summed E-state index contributed by atoms with van der Waals surface area (Å²) in [4.78, 5) is 8.80. The van der Waals surface area contributed by atoms with Gasteiger partial charge in [0.05, 0.1) is 0 Å². The summed E-state index contributed by atoms with van der Waals surface area (Å²) in [6, 6.07) is 12.1. The molecule has 1 aromatic carbocycles. The van der Waals surface area contributed by atoms with Crippen LogP contribution in [-0.2, 0) is 6.42 Å². The minimum Gasteiger partial charge on any atom is -0.237 e. The first-order valence-electron chi connectivity index (χ1n) is 5.27. The largest absolute Gasteiger partial charge is 0.237 e. The Morgan fingerprint density at radius 2 is 1.87 bits per heavy atom. The number of nitrogens with zero attached hydrogens (tertiary/aromatic N) is 2. The lowest BCUT2D eigenvalue weighted by Gasteiger charge is -2.02. The molecule has 0 bridgehead atoms. The van der Waals surface area contributed by atoms with Gasteiger partial charge in [-0.05, 0) is 12.5 Å². The molecule has 0 amide bonds. The van der Waals surface area contributed by atoms with Crippen molar-refractivity contribution in [3.05, 3.63) is 48.3 Å². The van der Waals surface area contributed by atoms with E-state index in [9.17, 15) is 0 Å². The van der Waals surface area contributed by atoms with Gasteiger partial charge in [-0.25, -0.2) is 9.97 Å². The molecule has 0 radical (unpaired) electrons. The molecule has 0 saturated carbocycles. The molecule has 0 fully saturated rings. The molecule has 0 saturated heterocycles. The molecule has 0 aliphatic rings. The molecule has 2 aromatic rings. The second-order valence-electron chi connectivity index (χ2n) is 3.49. The van der Waals surface area contributed by atoms with Crippen LogP contribution in [0.15, 0.2) is 42.6 Å². The van der Waals surface area contributed by atoms with E-state index >= 15 is 0 Å². The third-order valence-electron chi connectivity index (χ3n) is 2.25. The molecule has 15 heavy (non-hydrogen) atoms. The molecule has 0 spiro atoms. The van der Waals surface area contributed by atoms with E-state index in [2.05, 4.69) is 16.9 Å². The van der Waals surface area contributed by atoms with Crippen molar-refractivity contribution in [3.8, 4) is 11.4 Å². The molecule has 0 unspecified atom stereocenters. The standard InChI is InChI=1S/C13H14N2/c1-2-6-12-9-10-14-13(15-12)11-7-4-3-5-8-11/h3-5,7-10H,2,6H2,1H3. The van der Waals surface area contributed by atoms with E-state index in [4.69, 9.17) is 0 Å². The van der Waals surface area contributed by atoms with Gasteiger partial charge in [0.2, 0.25) is 0 Å². The van der Waals surface area contributed by atoms with Crippen molar-refractivity contribution in [2.75, 3.05) is 0 Å². The maximum atomic E-state index is 4.52. The fourth-order valence-corrected chi connectivity index (χ4v) is 1.52. The van der Waals surface area contributed by atoms with E-state index in [1.807, 2.05) is 42.6 Å². The second-order valence-corrected chi connectivity index (χ2v) is 3.49. The van der Waals surface area contributed by atoms with Gasteiger partial charge in [-0.2, -0.15) is 0 Å². The summed E-state index contributed by atoms with van der Waals surface area (Å²) in [6.07, 6.45) is 3.97. The smallest absolute Gasteiger partial charge is 0.159 e. The quantitative estimate of drug-likeness (QED) is 0.757. The van der Waals surface area contributed by atoms with Crippen LogP contribution in [0, 0.1) is 0 Å². The van der Waals surface area contributed by atoms with Crippen molar-refractivity contribution >= 4 is 0 Å². The third kappa shape index (κ3) is 2.40. The minimum absolute atomic E-state index is 0.821. The van der Waals surface area contributed by atoms with Crippen LogP contribution in [0.4, 0.5) is 0 Å². The fraction of sp³-hybridized carbons (Fsp3) is 0.231. The average Bonchev–Trinajstić information content (AvgIpc) is 2.31. The van der Waals surface area contributed by atoms with E-state index in [1.54, 1.807) is 0 Å². The summed E-state index contributed by atoms with van der Waals surface area (Å²) in [5, 5.41) is 0. The lowest BCUT2D eigenvalue weighted by Crippen LogP contribution is -1.94. The van der Waals surface area contributed by atoms with Crippen LogP contribution in [-0.4, -0.2) is 9.97 Å². The van der Waals surface area contributed by atoms with Crippen LogP contribution in [0.1, 0.15) is 19.0 Å². The van der Waals surface area contributed by atoms with Gasteiger partial charge in [-0.1, -0.05) is 43.7 Å². The highest BCUT2D eigenvalue weighted by atomic mass is 14.9. The molecular formula is C13H14N2. The van der Waals surface area contributed by atoms with Gasteiger partial charge in [-0.3, -0.25) is 0 Å². The van der Waals surface area contributed by atoms with Crippen LogP contribution >= 0.6 is 0 Å². The van der Waals surface area contributed by atoms with Crippen molar-refractivity contribution in [1.29, 1.82) is 0 Å². The van der Waals surface area contributed by atoms with Crippen molar-refractivity contribution in [2.45, 2.75) is 19.8 Å². The molecule has 2 rings (SSSR count). The Morgan fingerprint density at radius 1 is 1.07 bits per heavy atom. The molecule has 1 heterocycles. The molecule has 0 aliphatic heterocycles. The van der Waals surface area contributed by atoms with Crippen molar-refractivity contribution in [3.63, 3.8) is 0 Å². The van der Waals surface area contributed by atoms with Crippen LogP contribution in [0.25, 0.3) is 11.4 Å². The zero-order valence-electron chi connectivity index (χ0n) is 8.85. The normalized spacial score (nSPS) is 10.2. The monoisotopic (exact) mass is 198 g/mol. The summed E-state index contributed by atoms with van der Waals surface area (Å²) < 4.78 is 0. The topological polar surface area (TPSA) is 25.8 Å². The summed E-state index contributed by atoms with van der Waals surface area (Å²) >= 11 is 0. The van der Waals surface area contributed by atoms with Gasteiger partial charge in [-0.15, -0.1) is 0 Å². The Bertz CT molecular complexity index is 424. The Morgan fingerprint density at radius 3 is 2.60 bits per heavy atom. The Labute approximate surface area is 90.0 Å². The molecule has 1 aromatic heterocycles. The highest BCUT2D eigenvalue weighted by Gasteiger charge is 2.00. The van der Waals surface area contributed by atoms with E-state index in [1.165, 1.54) is 0 Å². The van der Waals surface area contributed by atoms with Crippen molar-refractivity contribution in [2.24, 2.45) is 0 Å². The predicted molar refractivity (Wildman–Crippen MR) is 61.5 cm³/mol. The van der Waals surface area contributed by atoms with Crippen molar-refractivity contribution < 1.29 is 0 Å². The highest BCUT2D eigenvalue weighted by Crippen LogP contribution is 2.13. The van der Waals surface area contributed by atoms with Crippen molar-refractivity contribution in [1.82, 2.24) is 9.97 Å². The molecule has 2 heteroatoms. The SMILES string of the molecule is CCCc1ccnc(-c2ccccc2)n1. The van der Waals surface area contributed by atoms with E-state index < -0.39 is 0 Å². The number of rotatable bonds is 3. The van der Waals surface area contributed by atoms with Crippen LogP contribution < -0.4 is 0 Å². The van der Waals surface area contributed by atoms with Crippen LogP contribution in [0.3, 0.4) is 0 Å². The zero-order valence-corrected chi connectivity index (χ0v) is 8.85. The molecule has 0 atom stereocenters.